The smallest absolute Gasteiger partial charge is 0.167 e. The van der Waals surface area contributed by atoms with Gasteiger partial charge in [0.25, 0.3) is 0 Å². The van der Waals surface area contributed by atoms with Crippen LogP contribution in [0.25, 0.3) is 11.4 Å². The molecule has 0 saturated carbocycles. The highest BCUT2D eigenvalue weighted by Crippen LogP contribution is 2.23. The first-order valence-corrected chi connectivity index (χ1v) is 5.55. The van der Waals surface area contributed by atoms with E-state index in [4.69, 9.17) is 0 Å². The van der Waals surface area contributed by atoms with Crippen molar-refractivity contribution in [1.82, 2.24) is 24.5 Å². The lowest BCUT2D eigenvalue weighted by Crippen LogP contribution is -2.02. The van der Waals surface area contributed by atoms with Crippen molar-refractivity contribution in [3.8, 4) is 11.4 Å². The molecule has 0 fully saturated rings. The van der Waals surface area contributed by atoms with Crippen LogP contribution < -0.4 is 0 Å². The molecule has 5 heteroatoms. The molecule has 0 bridgehead atoms. The predicted octanol–water partition coefficient (Wildman–Crippen LogP) is 1.82. The first-order valence-electron chi connectivity index (χ1n) is 5.55. The summed E-state index contributed by atoms with van der Waals surface area (Å²) < 4.78 is 3.89. The SMILES string of the molecule is CCc1nn(C)cc1-c1nncn1C(C)C. The Balaban J connectivity index is 2.53. The van der Waals surface area contributed by atoms with E-state index in [0.717, 1.165) is 23.5 Å². The third kappa shape index (κ3) is 1.73. The molecule has 0 atom stereocenters. The maximum atomic E-state index is 4.42. The van der Waals surface area contributed by atoms with Gasteiger partial charge in [-0.05, 0) is 20.3 Å². The maximum Gasteiger partial charge on any atom is 0.167 e. The Hall–Kier alpha value is -1.65. The Morgan fingerprint density at radius 3 is 2.75 bits per heavy atom. The van der Waals surface area contributed by atoms with Crippen LogP contribution in [0.15, 0.2) is 12.5 Å². The van der Waals surface area contributed by atoms with Gasteiger partial charge in [-0.1, -0.05) is 6.92 Å². The molecule has 0 amide bonds. The van der Waals surface area contributed by atoms with Crippen LogP contribution in [-0.4, -0.2) is 24.5 Å². The molecule has 2 aromatic rings. The van der Waals surface area contributed by atoms with Crippen molar-refractivity contribution >= 4 is 0 Å². The standard InChI is InChI=1S/C11H17N5/c1-5-10-9(6-15(4)14-10)11-13-12-7-16(11)8(2)3/h6-8H,5H2,1-4H3. The molecule has 0 unspecified atom stereocenters. The van der Waals surface area contributed by atoms with Crippen LogP contribution in [0.4, 0.5) is 0 Å². The molecule has 0 radical (unpaired) electrons. The van der Waals surface area contributed by atoms with E-state index in [1.165, 1.54) is 0 Å². The van der Waals surface area contributed by atoms with Gasteiger partial charge in [-0.3, -0.25) is 4.68 Å². The predicted molar refractivity (Wildman–Crippen MR) is 62.0 cm³/mol. The van der Waals surface area contributed by atoms with Gasteiger partial charge in [-0.15, -0.1) is 10.2 Å². The van der Waals surface area contributed by atoms with Crippen molar-refractivity contribution in [3.05, 3.63) is 18.2 Å². The van der Waals surface area contributed by atoms with Gasteiger partial charge in [0.1, 0.15) is 6.33 Å². The molecule has 0 N–H and O–H groups in total. The molecule has 2 rings (SSSR count). The fraction of sp³-hybridized carbons (Fsp3) is 0.545. The Labute approximate surface area is 95.1 Å². The lowest BCUT2D eigenvalue weighted by Gasteiger charge is -2.09. The first-order chi connectivity index (χ1) is 7.63. The summed E-state index contributed by atoms with van der Waals surface area (Å²) in [6, 6.07) is 0.356. The van der Waals surface area contributed by atoms with Crippen molar-refractivity contribution in [3.63, 3.8) is 0 Å². The Kier molecular flexibility index (Phi) is 2.77. The van der Waals surface area contributed by atoms with Gasteiger partial charge in [0.05, 0.1) is 11.3 Å². The van der Waals surface area contributed by atoms with Crippen molar-refractivity contribution < 1.29 is 0 Å². The summed E-state index contributed by atoms with van der Waals surface area (Å²) in [5, 5.41) is 12.6. The topological polar surface area (TPSA) is 48.5 Å². The average molecular weight is 219 g/mol. The van der Waals surface area contributed by atoms with E-state index in [9.17, 15) is 0 Å². The fourth-order valence-corrected chi connectivity index (χ4v) is 1.80. The van der Waals surface area contributed by atoms with Crippen LogP contribution in [0.1, 0.15) is 32.5 Å². The molecule has 0 aliphatic heterocycles. The second-order valence-electron chi connectivity index (χ2n) is 4.17. The van der Waals surface area contributed by atoms with E-state index in [1.54, 1.807) is 6.33 Å². The Morgan fingerprint density at radius 1 is 1.38 bits per heavy atom. The fourth-order valence-electron chi connectivity index (χ4n) is 1.80. The highest BCUT2D eigenvalue weighted by atomic mass is 15.3. The zero-order valence-corrected chi connectivity index (χ0v) is 10.2. The molecule has 86 valence electrons. The highest BCUT2D eigenvalue weighted by Gasteiger charge is 2.15. The van der Waals surface area contributed by atoms with Gasteiger partial charge in [0.2, 0.25) is 0 Å². The molecule has 0 spiro atoms. The molecule has 0 saturated heterocycles. The maximum absolute atomic E-state index is 4.42. The van der Waals surface area contributed by atoms with Gasteiger partial charge in [-0.25, -0.2) is 0 Å². The lowest BCUT2D eigenvalue weighted by molar-refractivity contribution is 0.604. The largest absolute Gasteiger partial charge is 0.311 e. The molecule has 0 aliphatic rings. The molecule has 16 heavy (non-hydrogen) atoms. The number of rotatable bonds is 3. The quantitative estimate of drug-likeness (QED) is 0.791. The van der Waals surface area contributed by atoms with E-state index in [0.29, 0.717) is 6.04 Å². The van der Waals surface area contributed by atoms with E-state index in [-0.39, 0.29) is 0 Å². The lowest BCUT2D eigenvalue weighted by atomic mass is 10.2. The van der Waals surface area contributed by atoms with Crippen LogP contribution in [0.5, 0.6) is 0 Å². The summed E-state index contributed by atoms with van der Waals surface area (Å²) in [5.41, 5.74) is 2.15. The number of hydrogen-bond acceptors (Lipinski definition) is 3. The van der Waals surface area contributed by atoms with Crippen molar-refractivity contribution in [2.45, 2.75) is 33.2 Å². The summed E-state index contributed by atoms with van der Waals surface area (Å²) in [5.74, 6) is 0.903. The van der Waals surface area contributed by atoms with Crippen molar-refractivity contribution in [1.29, 1.82) is 0 Å². The van der Waals surface area contributed by atoms with Crippen LogP contribution in [0.2, 0.25) is 0 Å². The highest BCUT2D eigenvalue weighted by molar-refractivity contribution is 5.57. The third-order valence-corrected chi connectivity index (χ3v) is 2.61. The summed E-state index contributed by atoms with van der Waals surface area (Å²) in [7, 11) is 1.93. The van der Waals surface area contributed by atoms with E-state index >= 15 is 0 Å². The van der Waals surface area contributed by atoms with Crippen LogP contribution >= 0.6 is 0 Å². The van der Waals surface area contributed by atoms with Crippen LogP contribution in [0, 0.1) is 0 Å². The number of aromatic nitrogens is 5. The van der Waals surface area contributed by atoms with Gasteiger partial charge >= 0.3 is 0 Å². The number of hydrogen-bond donors (Lipinski definition) is 0. The summed E-state index contributed by atoms with van der Waals surface area (Å²) >= 11 is 0. The van der Waals surface area contributed by atoms with Gasteiger partial charge < -0.3 is 4.57 Å². The zero-order valence-electron chi connectivity index (χ0n) is 10.2. The summed E-state index contributed by atoms with van der Waals surface area (Å²) in [6.45, 7) is 6.34. The van der Waals surface area contributed by atoms with E-state index in [2.05, 4.69) is 40.6 Å². The minimum atomic E-state index is 0.356. The average Bonchev–Trinajstić information content (AvgIpc) is 2.82. The minimum Gasteiger partial charge on any atom is -0.311 e. The molecule has 2 heterocycles. The zero-order chi connectivity index (χ0) is 11.7. The van der Waals surface area contributed by atoms with E-state index < -0.39 is 0 Å². The summed E-state index contributed by atoms with van der Waals surface area (Å²) in [4.78, 5) is 0. The second-order valence-corrected chi connectivity index (χ2v) is 4.17. The number of nitrogens with zero attached hydrogens (tertiary/aromatic N) is 5. The van der Waals surface area contributed by atoms with Crippen LogP contribution in [-0.2, 0) is 13.5 Å². The molecule has 5 nitrogen and oxygen atoms in total. The molecule has 0 aromatic carbocycles. The van der Waals surface area contributed by atoms with Crippen molar-refractivity contribution in [2.24, 2.45) is 7.05 Å². The van der Waals surface area contributed by atoms with Gasteiger partial charge in [0.15, 0.2) is 5.82 Å². The van der Waals surface area contributed by atoms with Gasteiger partial charge in [-0.2, -0.15) is 5.10 Å². The number of aryl methyl sites for hydroxylation is 2. The Morgan fingerprint density at radius 2 is 2.12 bits per heavy atom. The molecule has 0 aliphatic carbocycles. The normalized spacial score (nSPS) is 11.3. The van der Waals surface area contributed by atoms with Gasteiger partial charge in [0, 0.05) is 19.3 Å². The minimum absolute atomic E-state index is 0.356. The monoisotopic (exact) mass is 219 g/mol. The second kappa shape index (κ2) is 4.08. The van der Waals surface area contributed by atoms with Crippen molar-refractivity contribution in [2.75, 3.05) is 0 Å². The van der Waals surface area contributed by atoms with E-state index in [1.807, 2.05) is 17.9 Å². The third-order valence-electron chi connectivity index (χ3n) is 2.61. The molecular weight excluding hydrogens is 202 g/mol. The van der Waals surface area contributed by atoms with Crippen LogP contribution in [0.3, 0.4) is 0 Å². The summed E-state index contributed by atoms with van der Waals surface area (Å²) in [6.07, 6.45) is 4.68. The first kappa shape index (κ1) is 10.9. The molecule has 2 aromatic heterocycles. The molecular formula is C11H17N5. The Bertz CT molecular complexity index is 480.